The summed E-state index contributed by atoms with van der Waals surface area (Å²) in [5.41, 5.74) is 2.55. The zero-order valence-electron chi connectivity index (χ0n) is 10.6. The van der Waals surface area contributed by atoms with Gasteiger partial charge in [-0.05, 0) is 23.8 Å². The first-order valence-electron chi connectivity index (χ1n) is 5.94. The highest BCUT2D eigenvalue weighted by molar-refractivity contribution is 6.17. The van der Waals surface area contributed by atoms with Gasteiger partial charge in [0.1, 0.15) is 0 Å². The van der Waals surface area contributed by atoms with E-state index in [-0.39, 0.29) is 11.6 Å². The molecule has 0 atom stereocenters. The standard InChI is InChI=1S/C15H15ClFNO/c1-19-14-4-2-3-12(15(14)17)10-18-13-7-5-11(9-16)6-8-13/h2-8,18H,9-10H2,1H3. The zero-order valence-corrected chi connectivity index (χ0v) is 11.4. The van der Waals surface area contributed by atoms with Gasteiger partial charge in [-0.1, -0.05) is 24.3 Å². The predicted octanol–water partition coefficient (Wildman–Crippen LogP) is 4.19. The predicted molar refractivity (Wildman–Crippen MR) is 76.3 cm³/mol. The summed E-state index contributed by atoms with van der Waals surface area (Å²) >= 11 is 5.72. The average Bonchev–Trinajstić information content (AvgIpc) is 2.47. The summed E-state index contributed by atoms with van der Waals surface area (Å²) < 4.78 is 18.9. The Morgan fingerprint density at radius 3 is 2.53 bits per heavy atom. The lowest BCUT2D eigenvalue weighted by molar-refractivity contribution is 0.384. The number of hydrogen-bond donors (Lipinski definition) is 1. The molecule has 100 valence electrons. The normalized spacial score (nSPS) is 10.3. The topological polar surface area (TPSA) is 21.3 Å². The van der Waals surface area contributed by atoms with Gasteiger partial charge in [-0.2, -0.15) is 0 Å². The van der Waals surface area contributed by atoms with E-state index in [2.05, 4.69) is 5.32 Å². The molecule has 2 nitrogen and oxygen atoms in total. The molecule has 0 bridgehead atoms. The Hall–Kier alpha value is -1.74. The van der Waals surface area contributed by atoms with Crippen LogP contribution in [0.2, 0.25) is 0 Å². The fraction of sp³-hybridized carbons (Fsp3) is 0.200. The second-order valence-electron chi connectivity index (χ2n) is 4.12. The minimum absolute atomic E-state index is 0.261. The molecule has 0 aliphatic rings. The summed E-state index contributed by atoms with van der Waals surface area (Å²) in [6.07, 6.45) is 0. The van der Waals surface area contributed by atoms with Crippen molar-refractivity contribution in [3.05, 3.63) is 59.4 Å². The van der Waals surface area contributed by atoms with Gasteiger partial charge in [0.25, 0.3) is 0 Å². The van der Waals surface area contributed by atoms with Crippen molar-refractivity contribution >= 4 is 17.3 Å². The Balaban J connectivity index is 2.05. The van der Waals surface area contributed by atoms with E-state index in [0.29, 0.717) is 18.0 Å². The largest absolute Gasteiger partial charge is 0.494 e. The number of anilines is 1. The first kappa shape index (κ1) is 13.7. The fourth-order valence-electron chi connectivity index (χ4n) is 1.76. The molecule has 0 radical (unpaired) electrons. The second kappa shape index (κ2) is 6.43. The maximum absolute atomic E-state index is 13.9. The van der Waals surface area contributed by atoms with E-state index in [1.165, 1.54) is 7.11 Å². The van der Waals surface area contributed by atoms with E-state index < -0.39 is 0 Å². The molecule has 0 saturated heterocycles. The summed E-state index contributed by atoms with van der Waals surface area (Å²) in [6, 6.07) is 12.8. The van der Waals surface area contributed by atoms with E-state index in [1.807, 2.05) is 24.3 Å². The number of ether oxygens (including phenoxy) is 1. The van der Waals surface area contributed by atoms with Crippen molar-refractivity contribution in [2.24, 2.45) is 0 Å². The van der Waals surface area contributed by atoms with Crippen molar-refractivity contribution in [2.75, 3.05) is 12.4 Å². The van der Waals surface area contributed by atoms with Gasteiger partial charge < -0.3 is 10.1 Å². The maximum atomic E-state index is 13.9. The number of alkyl halides is 1. The Morgan fingerprint density at radius 2 is 1.89 bits per heavy atom. The summed E-state index contributed by atoms with van der Waals surface area (Å²) in [7, 11) is 1.46. The Kier molecular flexibility index (Phi) is 4.63. The Morgan fingerprint density at radius 1 is 1.16 bits per heavy atom. The van der Waals surface area contributed by atoms with Gasteiger partial charge in [0, 0.05) is 23.7 Å². The fourth-order valence-corrected chi connectivity index (χ4v) is 1.94. The number of nitrogens with one attached hydrogen (secondary N) is 1. The van der Waals surface area contributed by atoms with Crippen molar-refractivity contribution < 1.29 is 9.13 Å². The molecule has 0 aromatic heterocycles. The molecule has 19 heavy (non-hydrogen) atoms. The molecule has 4 heteroatoms. The number of hydrogen-bond acceptors (Lipinski definition) is 2. The van der Waals surface area contributed by atoms with Crippen LogP contribution in [0.15, 0.2) is 42.5 Å². The maximum Gasteiger partial charge on any atom is 0.170 e. The lowest BCUT2D eigenvalue weighted by atomic mass is 10.2. The molecule has 1 N–H and O–H groups in total. The SMILES string of the molecule is COc1cccc(CNc2ccc(CCl)cc2)c1F. The molecule has 0 aliphatic heterocycles. The number of rotatable bonds is 5. The molecular formula is C15H15ClFNO. The summed E-state index contributed by atoms with van der Waals surface area (Å²) in [5.74, 6) is 0.428. The quantitative estimate of drug-likeness (QED) is 0.829. The highest BCUT2D eigenvalue weighted by Crippen LogP contribution is 2.21. The lowest BCUT2D eigenvalue weighted by Gasteiger charge is -2.10. The van der Waals surface area contributed by atoms with E-state index in [9.17, 15) is 4.39 Å². The summed E-state index contributed by atoms with van der Waals surface area (Å²) in [6.45, 7) is 0.406. The lowest BCUT2D eigenvalue weighted by Crippen LogP contribution is -2.03. The molecule has 0 unspecified atom stereocenters. The van der Waals surface area contributed by atoms with Crippen LogP contribution in [0.3, 0.4) is 0 Å². The van der Waals surface area contributed by atoms with E-state index in [1.54, 1.807) is 18.2 Å². The Bertz CT molecular complexity index is 542. The molecule has 2 aromatic rings. The molecule has 0 saturated carbocycles. The van der Waals surface area contributed by atoms with Gasteiger partial charge in [-0.25, -0.2) is 4.39 Å². The molecule has 0 spiro atoms. The zero-order chi connectivity index (χ0) is 13.7. The van der Waals surface area contributed by atoms with E-state index in [4.69, 9.17) is 16.3 Å². The van der Waals surface area contributed by atoms with Gasteiger partial charge >= 0.3 is 0 Å². The molecule has 0 fully saturated rings. The summed E-state index contributed by atoms with van der Waals surface area (Å²) in [4.78, 5) is 0. The van der Waals surface area contributed by atoms with Crippen LogP contribution in [0.5, 0.6) is 5.75 Å². The van der Waals surface area contributed by atoms with Crippen LogP contribution in [0.25, 0.3) is 0 Å². The number of benzene rings is 2. The third-order valence-electron chi connectivity index (χ3n) is 2.85. The van der Waals surface area contributed by atoms with Crippen molar-refractivity contribution in [3.63, 3.8) is 0 Å². The Labute approximate surface area is 117 Å². The highest BCUT2D eigenvalue weighted by atomic mass is 35.5. The van der Waals surface area contributed by atoms with Crippen molar-refractivity contribution in [1.29, 1.82) is 0 Å². The average molecular weight is 280 g/mol. The van der Waals surface area contributed by atoms with Crippen LogP contribution in [0.1, 0.15) is 11.1 Å². The van der Waals surface area contributed by atoms with Gasteiger partial charge in [0.05, 0.1) is 7.11 Å². The third kappa shape index (κ3) is 3.38. The van der Waals surface area contributed by atoms with Gasteiger partial charge in [0.2, 0.25) is 0 Å². The van der Waals surface area contributed by atoms with Crippen LogP contribution in [0.4, 0.5) is 10.1 Å². The van der Waals surface area contributed by atoms with Gasteiger partial charge in [0.15, 0.2) is 11.6 Å². The second-order valence-corrected chi connectivity index (χ2v) is 4.38. The van der Waals surface area contributed by atoms with Crippen molar-refractivity contribution in [2.45, 2.75) is 12.4 Å². The molecule has 0 heterocycles. The monoisotopic (exact) mass is 279 g/mol. The minimum Gasteiger partial charge on any atom is -0.494 e. The van der Waals surface area contributed by atoms with Crippen LogP contribution >= 0.6 is 11.6 Å². The molecule has 0 aliphatic carbocycles. The van der Waals surface area contributed by atoms with Gasteiger partial charge in [-0.3, -0.25) is 0 Å². The third-order valence-corrected chi connectivity index (χ3v) is 3.16. The van der Waals surface area contributed by atoms with Crippen LogP contribution in [-0.4, -0.2) is 7.11 Å². The molecular weight excluding hydrogens is 265 g/mol. The molecule has 0 amide bonds. The molecule has 2 rings (SSSR count). The van der Waals surface area contributed by atoms with Crippen LogP contribution < -0.4 is 10.1 Å². The number of methoxy groups -OCH3 is 1. The smallest absolute Gasteiger partial charge is 0.170 e. The van der Waals surface area contributed by atoms with Crippen LogP contribution in [0, 0.1) is 5.82 Å². The van der Waals surface area contributed by atoms with E-state index in [0.717, 1.165) is 11.3 Å². The first-order valence-corrected chi connectivity index (χ1v) is 6.48. The summed E-state index contributed by atoms with van der Waals surface area (Å²) in [5, 5.41) is 3.17. The first-order chi connectivity index (χ1) is 9.24. The highest BCUT2D eigenvalue weighted by Gasteiger charge is 2.07. The minimum atomic E-state index is -0.324. The number of halogens is 2. The van der Waals surface area contributed by atoms with E-state index >= 15 is 0 Å². The van der Waals surface area contributed by atoms with Crippen molar-refractivity contribution in [1.82, 2.24) is 0 Å². The van der Waals surface area contributed by atoms with Crippen molar-refractivity contribution in [3.8, 4) is 5.75 Å². The van der Waals surface area contributed by atoms with Crippen LogP contribution in [-0.2, 0) is 12.4 Å². The van der Waals surface area contributed by atoms with Gasteiger partial charge in [-0.15, -0.1) is 11.6 Å². The molecule has 2 aromatic carbocycles.